The third kappa shape index (κ3) is 4.69. The molecule has 1 aliphatic rings. The first kappa shape index (κ1) is 22.7. The van der Waals surface area contributed by atoms with Gasteiger partial charge in [0.1, 0.15) is 10.6 Å². The number of nitrogens with zero attached hydrogens (tertiary/aromatic N) is 1. The SMILES string of the molecule is COc1ccc(C(=O)O)cc1S(=O)(=O)Nc1cc(C(F)(F)F)ccc1N1CC(C)(O)C1. The van der Waals surface area contributed by atoms with Crippen LogP contribution < -0.4 is 14.4 Å². The van der Waals surface area contributed by atoms with Crippen LogP contribution in [-0.4, -0.2) is 50.4 Å². The zero-order valence-electron chi connectivity index (χ0n) is 16.4. The highest BCUT2D eigenvalue weighted by molar-refractivity contribution is 7.92. The van der Waals surface area contributed by atoms with Gasteiger partial charge < -0.3 is 19.8 Å². The van der Waals surface area contributed by atoms with Crippen LogP contribution >= 0.6 is 0 Å². The number of sulfonamides is 1. The van der Waals surface area contributed by atoms with Gasteiger partial charge in [-0.3, -0.25) is 4.72 Å². The van der Waals surface area contributed by atoms with Crippen LogP contribution in [0.4, 0.5) is 24.5 Å². The van der Waals surface area contributed by atoms with Crippen LogP contribution in [0.2, 0.25) is 0 Å². The van der Waals surface area contributed by atoms with Crippen LogP contribution in [0.1, 0.15) is 22.8 Å². The number of aromatic carboxylic acids is 1. The first-order chi connectivity index (χ1) is 14.2. The maximum absolute atomic E-state index is 13.2. The van der Waals surface area contributed by atoms with Crippen molar-refractivity contribution in [3.05, 3.63) is 47.5 Å². The van der Waals surface area contributed by atoms with Gasteiger partial charge in [-0.2, -0.15) is 13.2 Å². The number of halogens is 3. The molecule has 3 N–H and O–H groups in total. The molecule has 0 saturated carbocycles. The van der Waals surface area contributed by atoms with E-state index in [4.69, 9.17) is 9.84 Å². The number of β-amino-alcohol motifs (C(OH)–C–C–N with tert-alkyl or cyclic N) is 1. The van der Waals surface area contributed by atoms with Crippen LogP contribution in [-0.2, 0) is 16.2 Å². The third-order valence-electron chi connectivity index (χ3n) is 4.67. The van der Waals surface area contributed by atoms with Gasteiger partial charge in [0.25, 0.3) is 10.0 Å². The highest BCUT2D eigenvalue weighted by atomic mass is 32.2. The Kier molecular flexibility index (Phi) is 5.57. The van der Waals surface area contributed by atoms with Gasteiger partial charge in [0.15, 0.2) is 0 Å². The summed E-state index contributed by atoms with van der Waals surface area (Å²) in [4.78, 5) is 12.2. The van der Waals surface area contributed by atoms with Gasteiger partial charge in [-0.15, -0.1) is 0 Å². The molecule has 8 nitrogen and oxygen atoms in total. The van der Waals surface area contributed by atoms with Crippen molar-refractivity contribution in [3.63, 3.8) is 0 Å². The van der Waals surface area contributed by atoms with Crippen molar-refractivity contribution < 1.29 is 41.3 Å². The standard InChI is InChI=1S/C19H19F3N2O6S/c1-18(27)9-24(10-18)14-5-4-12(19(20,21)22)8-13(14)23-31(28,29)16-7-11(17(25)26)3-6-15(16)30-2/h3-8,23,27H,9-10H2,1-2H3,(H,25,26). The molecule has 1 saturated heterocycles. The predicted octanol–water partition coefficient (Wildman–Crippen LogP) is 2.78. The second-order valence-electron chi connectivity index (χ2n) is 7.36. The zero-order chi connectivity index (χ0) is 23.2. The molecule has 0 atom stereocenters. The van der Waals surface area contributed by atoms with E-state index < -0.39 is 38.2 Å². The molecule has 0 radical (unpaired) electrons. The van der Waals surface area contributed by atoms with Crippen molar-refractivity contribution in [1.82, 2.24) is 0 Å². The van der Waals surface area contributed by atoms with Crippen molar-refractivity contribution in [2.75, 3.05) is 29.8 Å². The Bertz CT molecular complexity index is 1120. The van der Waals surface area contributed by atoms with Crippen molar-refractivity contribution in [2.45, 2.75) is 23.6 Å². The van der Waals surface area contributed by atoms with E-state index >= 15 is 0 Å². The number of rotatable bonds is 6. The number of hydrogen-bond donors (Lipinski definition) is 3. The summed E-state index contributed by atoms with van der Waals surface area (Å²) in [5.74, 6) is -1.57. The molecule has 1 heterocycles. The molecule has 1 aliphatic heterocycles. The molecule has 0 aliphatic carbocycles. The number of anilines is 2. The molecular weight excluding hydrogens is 441 g/mol. The summed E-state index contributed by atoms with van der Waals surface area (Å²) < 4.78 is 72.7. The van der Waals surface area contributed by atoms with Crippen LogP contribution in [0.3, 0.4) is 0 Å². The summed E-state index contributed by atoms with van der Waals surface area (Å²) in [6, 6.07) is 5.70. The number of aliphatic hydroxyl groups is 1. The fraction of sp³-hybridized carbons (Fsp3) is 0.316. The molecular formula is C19H19F3N2O6S. The third-order valence-corrected chi connectivity index (χ3v) is 6.06. The molecule has 0 bridgehead atoms. The van der Waals surface area contributed by atoms with Gasteiger partial charge in [0.2, 0.25) is 0 Å². The summed E-state index contributed by atoms with van der Waals surface area (Å²) in [6.07, 6.45) is -4.72. The summed E-state index contributed by atoms with van der Waals surface area (Å²) >= 11 is 0. The zero-order valence-corrected chi connectivity index (χ0v) is 17.2. The van der Waals surface area contributed by atoms with Crippen molar-refractivity contribution in [2.24, 2.45) is 0 Å². The van der Waals surface area contributed by atoms with Gasteiger partial charge in [0.05, 0.1) is 35.2 Å². The fourth-order valence-electron chi connectivity index (χ4n) is 3.24. The molecule has 2 aromatic carbocycles. The lowest BCUT2D eigenvalue weighted by atomic mass is 9.95. The fourth-order valence-corrected chi connectivity index (χ4v) is 4.50. The van der Waals surface area contributed by atoms with Crippen LogP contribution in [0.25, 0.3) is 0 Å². The van der Waals surface area contributed by atoms with E-state index in [1.165, 1.54) is 12.0 Å². The molecule has 0 unspecified atom stereocenters. The van der Waals surface area contributed by atoms with E-state index in [9.17, 15) is 31.5 Å². The van der Waals surface area contributed by atoms with Crippen LogP contribution in [0.15, 0.2) is 41.3 Å². The average Bonchev–Trinajstić information content (AvgIpc) is 2.64. The minimum Gasteiger partial charge on any atom is -0.495 e. The van der Waals surface area contributed by atoms with Crippen LogP contribution in [0.5, 0.6) is 5.75 Å². The maximum atomic E-state index is 13.2. The topological polar surface area (TPSA) is 116 Å². The summed E-state index contributed by atoms with van der Waals surface area (Å²) in [5.41, 5.74) is -2.71. The lowest BCUT2D eigenvalue weighted by molar-refractivity contribution is -0.137. The number of benzene rings is 2. The Morgan fingerprint density at radius 1 is 1.19 bits per heavy atom. The van der Waals surface area contributed by atoms with Gasteiger partial charge in [0, 0.05) is 13.1 Å². The number of nitrogens with one attached hydrogen (secondary N) is 1. The number of carbonyl (C=O) groups is 1. The number of methoxy groups -OCH3 is 1. The van der Waals surface area contributed by atoms with Gasteiger partial charge in [-0.25, -0.2) is 13.2 Å². The average molecular weight is 460 g/mol. The molecule has 12 heteroatoms. The quantitative estimate of drug-likeness (QED) is 0.607. The predicted molar refractivity (Wildman–Crippen MR) is 105 cm³/mol. The Balaban J connectivity index is 2.08. The molecule has 3 rings (SSSR count). The molecule has 168 valence electrons. The number of ether oxygens (including phenoxy) is 1. The highest BCUT2D eigenvalue weighted by Gasteiger charge is 2.39. The number of carboxylic acids is 1. The number of hydrogen-bond acceptors (Lipinski definition) is 6. The summed E-state index contributed by atoms with van der Waals surface area (Å²) in [6.45, 7) is 1.72. The smallest absolute Gasteiger partial charge is 0.416 e. The van der Waals surface area contributed by atoms with Gasteiger partial charge >= 0.3 is 12.1 Å². The molecule has 2 aromatic rings. The lowest BCUT2D eigenvalue weighted by Gasteiger charge is -2.46. The Labute approximate surface area is 175 Å². The minimum absolute atomic E-state index is 0.0882. The Morgan fingerprint density at radius 3 is 2.35 bits per heavy atom. The maximum Gasteiger partial charge on any atom is 0.416 e. The van der Waals surface area contributed by atoms with Crippen molar-refractivity contribution in [3.8, 4) is 5.75 Å². The van der Waals surface area contributed by atoms with E-state index in [0.29, 0.717) is 6.07 Å². The van der Waals surface area contributed by atoms with Gasteiger partial charge in [-0.05, 0) is 43.3 Å². The van der Waals surface area contributed by atoms with Crippen LogP contribution in [0, 0.1) is 0 Å². The minimum atomic E-state index is -4.72. The number of alkyl halides is 3. The van der Waals surface area contributed by atoms with Gasteiger partial charge in [-0.1, -0.05) is 0 Å². The Hall–Kier alpha value is -2.99. The first-order valence-corrected chi connectivity index (χ1v) is 10.3. The summed E-state index contributed by atoms with van der Waals surface area (Å²) in [7, 11) is -3.36. The van der Waals surface area contributed by atoms with E-state index in [0.717, 1.165) is 30.3 Å². The lowest BCUT2D eigenvalue weighted by Crippen LogP contribution is -2.60. The first-order valence-electron chi connectivity index (χ1n) is 8.86. The second-order valence-corrected chi connectivity index (χ2v) is 9.01. The molecule has 0 amide bonds. The normalized spacial score (nSPS) is 15.9. The highest BCUT2D eigenvalue weighted by Crippen LogP contribution is 2.39. The van der Waals surface area contributed by atoms with E-state index in [-0.39, 0.29) is 35.8 Å². The molecule has 0 aromatic heterocycles. The molecule has 31 heavy (non-hydrogen) atoms. The molecule has 1 fully saturated rings. The van der Waals surface area contributed by atoms with E-state index in [1.54, 1.807) is 6.92 Å². The number of carboxylic acid groups (broad SMARTS) is 1. The van der Waals surface area contributed by atoms with Crippen molar-refractivity contribution in [1.29, 1.82) is 0 Å². The largest absolute Gasteiger partial charge is 0.495 e. The van der Waals surface area contributed by atoms with Crippen molar-refractivity contribution >= 4 is 27.4 Å². The summed E-state index contributed by atoms with van der Waals surface area (Å²) in [5, 5.41) is 19.1. The van der Waals surface area contributed by atoms with E-state index in [1.807, 2.05) is 0 Å². The van der Waals surface area contributed by atoms with E-state index in [2.05, 4.69) is 4.72 Å². The monoisotopic (exact) mass is 460 g/mol. The second kappa shape index (κ2) is 7.61. The molecule has 0 spiro atoms. The Morgan fingerprint density at radius 2 is 1.84 bits per heavy atom.